The second-order valence-corrected chi connectivity index (χ2v) is 11.6. The molecular weight excluding hydrogens is 508 g/mol. The fraction of sp³-hybridized carbons (Fsp3) is 0.333. The molecule has 1 unspecified atom stereocenters. The van der Waals surface area contributed by atoms with Gasteiger partial charge < -0.3 is 0 Å². The van der Waals surface area contributed by atoms with Crippen molar-refractivity contribution in [2.75, 3.05) is 6.61 Å². The summed E-state index contributed by atoms with van der Waals surface area (Å²) in [5.74, 6) is 0.404. The number of hydrogen-bond acceptors (Lipinski definition) is 4. The Morgan fingerprint density at radius 3 is 2.53 bits per heavy atom. The van der Waals surface area contributed by atoms with Gasteiger partial charge in [0.25, 0.3) is 0 Å². The van der Waals surface area contributed by atoms with Crippen molar-refractivity contribution in [3.05, 3.63) is 63.7 Å². The van der Waals surface area contributed by atoms with Crippen LogP contribution in [0.15, 0.2) is 42.5 Å². The predicted octanol–water partition coefficient (Wildman–Crippen LogP) is 3.59. The van der Waals surface area contributed by atoms with Crippen molar-refractivity contribution in [1.29, 1.82) is 0 Å². The van der Waals surface area contributed by atoms with Crippen LogP contribution < -0.4 is 9.20 Å². The van der Waals surface area contributed by atoms with Crippen molar-refractivity contribution >= 4 is 39.9 Å². The molecule has 0 fully saturated rings. The van der Waals surface area contributed by atoms with Crippen molar-refractivity contribution in [2.45, 2.75) is 46.0 Å². The number of benzene rings is 2. The van der Waals surface area contributed by atoms with Gasteiger partial charge in [0.15, 0.2) is 0 Å². The molecule has 0 radical (unpaired) electrons. The van der Waals surface area contributed by atoms with Gasteiger partial charge in [0.05, 0.1) is 0 Å². The number of aryl methyl sites for hydroxylation is 3. The minimum absolute atomic E-state index is 0.300. The van der Waals surface area contributed by atoms with Crippen molar-refractivity contribution in [2.24, 2.45) is 0 Å². The van der Waals surface area contributed by atoms with Crippen LogP contribution in [0.4, 0.5) is 0 Å². The van der Waals surface area contributed by atoms with Crippen LogP contribution in [0, 0.1) is 20.8 Å². The molecule has 3 aromatic rings. The number of nitrogens with zero attached hydrogens (tertiary/aromatic N) is 1. The summed E-state index contributed by atoms with van der Waals surface area (Å²) in [5, 5.41) is 1.08. The molecule has 0 aliphatic rings. The fourth-order valence-electron chi connectivity index (χ4n) is 2.87. The van der Waals surface area contributed by atoms with E-state index >= 15 is 0 Å². The maximum atomic E-state index is 11.8. The van der Waals surface area contributed by atoms with Crippen LogP contribution >= 0.6 is 0 Å². The van der Waals surface area contributed by atoms with E-state index in [4.69, 9.17) is 14.5 Å². The van der Waals surface area contributed by atoms with Gasteiger partial charge in [-0.2, -0.15) is 0 Å². The van der Waals surface area contributed by atoms with E-state index in [1.165, 1.54) is 30.3 Å². The molecule has 0 amide bonds. The first kappa shape index (κ1) is 22.8. The Labute approximate surface area is 190 Å². The number of rotatable bonds is 8. The van der Waals surface area contributed by atoms with Crippen molar-refractivity contribution < 1.29 is 14.3 Å². The summed E-state index contributed by atoms with van der Waals surface area (Å²) >= 11 is 0.640. The number of carbonyl (C=O) groups excluding carboxylic acids is 1. The first-order valence-electron chi connectivity index (χ1n) is 9.97. The zero-order valence-electron chi connectivity index (χ0n) is 18.0. The third-order valence-corrected chi connectivity index (χ3v) is 10.2. The van der Waals surface area contributed by atoms with Crippen molar-refractivity contribution in [3.8, 4) is 15.9 Å². The second kappa shape index (κ2) is 10.5. The van der Waals surface area contributed by atoms with Gasteiger partial charge in [0.1, 0.15) is 0 Å². The molecule has 6 heteroatoms. The standard InChI is InChI=1S/C24H27NO3Se2/c1-6-27-24(26)18(5)28-21-12-11-20(13-16(21)3)29-14-22-17(4)25-23(30-22)19-9-7-15(2)8-10-19/h7-13,18H,6,14H2,1-5H3. The van der Waals surface area contributed by atoms with Crippen LogP contribution in [0.1, 0.15) is 35.1 Å². The quantitative estimate of drug-likeness (QED) is 0.327. The SMILES string of the molecule is CCOC(=O)C(C)Oc1ccc([Se]Cc2[se]c(-c3ccc(C)cc3)nc2C)cc1C. The van der Waals surface area contributed by atoms with E-state index in [0.29, 0.717) is 36.1 Å². The Bertz CT molecular complexity index is 1010. The van der Waals surface area contributed by atoms with E-state index < -0.39 is 6.10 Å². The molecule has 0 saturated heterocycles. The van der Waals surface area contributed by atoms with Gasteiger partial charge in [0.2, 0.25) is 0 Å². The van der Waals surface area contributed by atoms with E-state index in [1.807, 2.05) is 13.0 Å². The predicted molar refractivity (Wildman–Crippen MR) is 123 cm³/mol. The zero-order valence-corrected chi connectivity index (χ0v) is 21.4. The van der Waals surface area contributed by atoms with Crippen LogP contribution in [0.25, 0.3) is 10.1 Å². The molecule has 0 spiro atoms. The van der Waals surface area contributed by atoms with Gasteiger partial charge in [-0.3, -0.25) is 0 Å². The van der Waals surface area contributed by atoms with Crippen LogP contribution in [0.3, 0.4) is 0 Å². The Morgan fingerprint density at radius 1 is 1.13 bits per heavy atom. The van der Waals surface area contributed by atoms with Gasteiger partial charge in [0, 0.05) is 0 Å². The van der Waals surface area contributed by atoms with Gasteiger partial charge in [-0.25, -0.2) is 0 Å². The van der Waals surface area contributed by atoms with Crippen LogP contribution in [-0.4, -0.2) is 53.1 Å². The average molecular weight is 535 g/mol. The number of hydrogen-bond donors (Lipinski definition) is 0. The summed E-state index contributed by atoms with van der Waals surface area (Å²) < 4.78 is 14.9. The van der Waals surface area contributed by atoms with Gasteiger partial charge in [-0.15, -0.1) is 0 Å². The summed E-state index contributed by atoms with van der Waals surface area (Å²) in [6.45, 7) is 10.1. The van der Waals surface area contributed by atoms with Gasteiger partial charge in [-0.1, -0.05) is 0 Å². The van der Waals surface area contributed by atoms with E-state index in [0.717, 1.165) is 16.6 Å². The Hall–Kier alpha value is -1.84. The molecule has 4 nitrogen and oxygen atoms in total. The molecular formula is C24H27NO3Se2. The molecule has 30 heavy (non-hydrogen) atoms. The van der Waals surface area contributed by atoms with Crippen LogP contribution in [0.5, 0.6) is 5.75 Å². The van der Waals surface area contributed by atoms with Crippen LogP contribution in [0.2, 0.25) is 0 Å². The second-order valence-electron chi connectivity index (χ2n) is 7.12. The maximum absolute atomic E-state index is 11.8. The Kier molecular flexibility index (Phi) is 7.96. The van der Waals surface area contributed by atoms with Gasteiger partial charge in [-0.05, 0) is 0 Å². The summed E-state index contributed by atoms with van der Waals surface area (Å²) in [7, 11) is 0. The normalized spacial score (nSPS) is 11.9. The summed E-state index contributed by atoms with van der Waals surface area (Å²) in [5.41, 5.74) is 4.75. The molecule has 0 N–H and O–H groups in total. The Balaban J connectivity index is 1.64. The first-order valence-corrected chi connectivity index (χ1v) is 13.8. The van der Waals surface area contributed by atoms with E-state index in [2.05, 4.69) is 50.2 Å². The minimum atomic E-state index is -0.605. The number of aromatic nitrogens is 1. The van der Waals surface area contributed by atoms with E-state index in [-0.39, 0.29) is 5.97 Å². The zero-order chi connectivity index (χ0) is 21.7. The third kappa shape index (κ3) is 5.86. The fourth-order valence-corrected chi connectivity index (χ4v) is 8.05. The molecule has 2 aromatic carbocycles. The van der Waals surface area contributed by atoms with E-state index in [1.54, 1.807) is 13.8 Å². The molecule has 0 aliphatic heterocycles. The van der Waals surface area contributed by atoms with Crippen LogP contribution in [-0.2, 0) is 14.9 Å². The molecule has 3 rings (SSSR count). The first-order chi connectivity index (χ1) is 14.4. The molecule has 1 heterocycles. The Morgan fingerprint density at radius 2 is 1.87 bits per heavy atom. The number of carbonyl (C=O) groups is 1. The molecule has 158 valence electrons. The molecule has 1 atom stereocenters. The molecule has 0 bridgehead atoms. The number of ether oxygens (including phenoxy) is 2. The van der Waals surface area contributed by atoms with Crippen molar-refractivity contribution in [1.82, 2.24) is 4.98 Å². The van der Waals surface area contributed by atoms with Crippen molar-refractivity contribution in [3.63, 3.8) is 0 Å². The molecule has 0 saturated carbocycles. The van der Waals surface area contributed by atoms with Gasteiger partial charge >= 0.3 is 191 Å². The monoisotopic (exact) mass is 537 g/mol. The third-order valence-electron chi connectivity index (χ3n) is 4.63. The summed E-state index contributed by atoms with van der Waals surface area (Å²) in [6, 6.07) is 14.9. The topological polar surface area (TPSA) is 48.4 Å². The average Bonchev–Trinajstić information content (AvgIpc) is 3.09. The molecule has 0 aliphatic carbocycles. The van der Waals surface area contributed by atoms with E-state index in [9.17, 15) is 4.79 Å². The molecule has 1 aromatic heterocycles. The number of esters is 1. The summed E-state index contributed by atoms with van der Waals surface area (Å²) in [4.78, 5) is 16.6. The summed E-state index contributed by atoms with van der Waals surface area (Å²) in [6.07, 6.45) is -0.605.